The van der Waals surface area contributed by atoms with E-state index < -0.39 is 0 Å². The molecule has 0 spiro atoms. The van der Waals surface area contributed by atoms with E-state index in [1.165, 1.54) is 11.2 Å². The van der Waals surface area contributed by atoms with Crippen LogP contribution in [0.1, 0.15) is 10.4 Å². The Morgan fingerprint density at radius 2 is 1.46 bits per heavy atom. The van der Waals surface area contributed by atoms with Gasteiger partial charge in [-0.3, -0.25) is 9.69 Å². The van der Waals surface area contributed by atoms with Gasteiger partial charge in [0.15, 0.2) is 0 Å². The van der Waals surface area contributed by atoms with E-state index in [2.05, 4.69) is 36.9 Å². The van der Waals surface area contributed by atoms with E-state index in [4.69, 9.17) is 11.6 Å². The normalized spacial score (nSPS) is 10.9. The number of halogens is 3. The van der Waals surface area contributed by atoms with E-state index in [1.54, 1.807) is 24.3 Å². The lowest BCUT2D eigenvalue weighted by atomic mass is 10.2. The maximum atomic E-state index is 13.1. The number of amides is 1. The predicted octanol–water partition coefficient (Wildman–Crippen LogP) is 6.87. The molecule has 130 valence electrons. The first-order chi connectivity index (χ1) is 12.5. The summed E-state index contributed by atoms with van der Waals surface area (Å²) in [5.41, 5.74) is 1.85. The van der Waals surface area contributed by atoms with Gasteiger partial charge in [-0.25, -0.2) is 4.99 Å². The van der Waals surface area contributed by atoms with Gasteiger partial charge < -0.3 is 0 Å². The molecule has 0 aromatic heterocycles. The van der Waals surface area contributed by atoms with Gasteiger partial charge in [-0.05, 0) is 60.7 Å². The highest BCUT2D eigenvalue weighted by Gasteiger charge is 2.18. The van der Waals surface area contributed by atoms with Gasteiger partial charge in [0.1, 0.15) is 6.34 Å². The van der Waals surface area contributed by atoms with Gasteiger partial charge in [0.25, 0.3) is 5.91 Å². The number of anilines is 1. The Morgan fingerprint density at radius 3 is 2.08 bits per heavy atom. The fourth-order valence-electron chi connectivity index (χ4n) is 2.25. The highest BCUT2D eigenvalue weighted by molar-refractivity contribution is 9.10. The maximum absolute atomic E-state index is 13.1. The van der Waals surface area contributed by atoms with Crippen LogP contribution in [-0.2, 0) is 0 Å². The minimum Gasteiger partial charge on any atom is -0.268 e. The molecule has 0 saturated carbocycles. The number of benzene rings is 3. The smallest absolute Gasteiger partial charge is 0.265 e. The second-order valence-electron chi connectivity index (χ2n) is 5.35. The minimum absolute atomic E-state index is 0.251. The monoisotopic (exact) mass is 490 g/mol. The highest BCUT2D eigenvalue weighted by atomic mass is 79.9. The maximum Gasteiger partial charge on any atom is 0.265 e. The van der Waals surface area contributed by atoms with Gasteiger partial charge in [0, 0.05) is 8.95 Å². The summed E-state index contributed by atoms with van der Waals surface area (Å²) in [4.78, 5) is 19.0. The number of aliphatic imine (C=N–C) groups is 1. The van der Waals surface area contributed by atoms with Crippen molar-refractivity contribution in [1.82, 2.24) is 0 Å². The van der Waals surface area contributed by atoms with Crippen LogP contribution in [0, 0.1) is 0 Å². The van der Waals surface area contributed by atoms with Gasteiger partial charge in [-0.2, -0.15) is 0 Å². The molecule has 0 saturated heterocycles. The number of hydrogen-bond donors (Lipinski definition) is 0. The summed E-state index contributed by atoms with van der Waals surface area (Å²) in [7, 11) is 0. The topological polar surface area (TPSA) is 32.7 Å². The molecule has 0 radical (unpaired) electrons. The molecule has 0 heterocycles. The number of rotatable bonds is 4. The number of nitrogens with zero attached hydrogens (tertiary/aromatic N) is 2. The summed E-state index contributed by atoms with van der Waals surface area (Å²) < 4.78 is 1.89. The fraction of sp³-hybridized carbons (Fsp3) is 0. The van der Waals surface area contributed by atoms with Crippen LogP contribution in [0.15, 0.2) is 86.7 Å². The molecule has 1 amide bonds. The summed E-state index contributed by atoms with van der Waals surface area (Å²) in [6.45, 7) is 0. The number of carbonyl (C=O) groups excluding carboxylic acids is 1. The number of hydrogen-bond acceptors (Lipinski definition) is 2. The molecule has 6 heteroatoms. The van der Waals surface area contributed by atoms with E-state index in [0.29, 0.717) is 16.3 Å². The lowest BCUT2D eigenvalue weighted by Gasteiger charge is -2.18. The van der Waals surface area contributed by atoms with Crippen LogP contribution in [0.25, 0.3) is 0 Å². The molecular weight excluding hydrogens is 479 g/mol. The predicted molar refractivity (Wildman–Crippen MR) is 115 cm³/mol. The summed E-state index contributed by atoms with van der Waals surface area (Å²) in [5.74, 6) is -0.251. The third-order valence-corrected chi connectivity index (χ3v) is 4.96. The SMILES string of the molecule is O=C(c1ccccc1Cl)N(C=Nc1ccc(Br)cc1)c1ccc(Br)cc1. The Hall–Kier alpha value is -1.95. The molecule has 0 aliphatic carbocycles. The van der Waals surface area contributed by atoms with Crippen molar-refractivity contribution >= 4 is 67.1 Å². The zero-order valence-corrected chi connectivity index (χ0v) is 17.4. The summed E-state index contributed by atoms with van der Waals surface area (Å²) >= 11 is 13.0. The van der Waals surface area contributed by atoms with Crippen LogP contribution in [0.3, 0.4) is 0 Å². The van der Waals surface area contributed by atoms with Crippen LogP contribution in [-0.4, -0.2) is 12.2 Å². The van der Waals surface area contributed by atoms with E-state index in [-0.39, 0.29) is 5.91 Å². The van der Waals surface area contributed by atoms with Crippen LogP contribution in [0.5, 0.6) is 0 Å². The van der Waals surface area contributed by atoms with Crippen molar-refractivity contribution in [2.75, 3.05) is 4.90 Å². The molecule has 0 N–H and O–H groups in total. The Morgan fingerprint density at radius 1 is 0.885 bits per heavy atom. The first-order valence-electron chi connectivity index (χ1n) is 7.68. The molecule has 0 fully saturated rings. The van der Waals surface area contributed by atoms with Crippen LogP contribution in [0.4, 0.5) is 11.4 Å². The standard InChI is InChI=1S/C20H13Br2ClN2O/c21-14-5-9-16(10-6-14)24-13-25(17-11-7-15(22)8-12-17)20(26)18-3-1-2-4-19(18)23/h1-13H. The number of carbonyl (C=O) groups is 1. The van der Waals surface area contributed by atoms with Gasteiger partial charge >= 0.3 is 0 Å². The third kappa shape index (κ3) is 4.61. The van der Waals surface area contributed by atoms with E-state index >= 15 is 0 Å². The molecule has 0 bridgehead atoms. The van der Waals surface area contributed by atoms with Crippen LogP contribution >= 0.6 is 43.5 Å². The summed E-state index contributed by atoms with van der Waals surface area (Å²) in [5, 5.41) is 0.400. The van der Waals surface area contributed by atoms with Crippen molar-refractivity contribution in [3.05, 3.63) is 92.3 Å². The van der Waals surface area contributed by atoms with Crippen LogP contribution in [0.2, 0.25) is 5.02 Å². The van der Waals surface area contributed by atoms with Crippen molar-refractivity contribution in [3.63, 3.8) is 0 Å². The third-order valence-electron chi connectivity index (χ3n) is 3.58. The van der Waals surface area contributed by atoms with Crippen LogP contribution < -0.4 is 4.90 Å². The average Bonchev–Trinajstić information content (AvgIpc) is 2.65. The summed E-state index contributed by atoms with van der Waals surface area (Å²) in [6, 6.07) is 21.9. The quantitative estimate of drug-likeness (QED) is 0.289. The first-order valence-corrected chi connectivity index (χ1v) is 9.64. The molecule has 26 heavy (non-hydrogen) atoms. The van der Waals surface area contributed by atoms with Gasteiger partial charge in [0.2, 0.25) is 0 Å². The van der Waals surface area contributed by atoms with E-state index in [1.807, 2.05) is 48.5 Å². The van der Waals surface area contributed by atoms with Crippen molar-refractivity contribution in [3.8, 4) is 0 Å². The van der Waals surface area contributed by atoms with Gasteiger partial charge in [0.05, 0.1) is 22.0 Å². The van der Waals surface area contributed by atoms with E-state index in [9.17, 15) is 4.79 Å². The Kier molecular flexibility index (Phi) is 6.25. The second-order valence-corrected chi connectivity index (χ2v) is 7.59. The largest absolute Gasteiger partial charge is 0.268 e. The first kappa shape index (κ1) is 18.8. The van der Waals surface area contributed by atoms with Gasteiger partial charge in [-0.1, -0.05) is 55.6 Å². The lowest BCUT2D eigenvalue weighted by molar-refractivity contribution is 0.100. The second kappa shape index (κ2) is 8.62. The van der Waals surface area contributed by atoms with E-state index in [0.717, 1.165) is 14.6 Å². The summed E-state index contributed by atoms with van der Waals surface area (Å²) in [6.07, 6.45) is 1.51. The van der Waals surface area contributed by atoms with Crippen molar-refractivity contribution in [2.45, 2.75) is 0 Å². The zero-order chi connectivity index (χ0) is 18.5. The molecule has 3 aromatic rings. The average molecular weight is 493 g/mol. The van der Waals surface area contributed by atoms with Gasteiger partial charge in [-0.15, -0.1) is 0 Å². The Balaban J connectivity index is 1.99. The highest BCUT2D eigenvalue weighted by Crippen LogP contribution is 2.24. The van der Waals surface area contributed by atoms with Crippen molar-refractivity contribution < 1.29 is 4.79 Å². The molecular formula is C20H13Br2ClN2O. The van der Waals surface area contributed by atoms with Crippen molar-refractivity contribution in [2.24, 2.45) is 4.99 Å². The molecule has 3 nitrogen and oxygen atoms in total. The zero-order valence-electron chi connectivity index (χ0n) is 13.4. The molecule has 0 atom stereocenters. The minimum atomic E-state index is -0.251. The molecule has 3 aromatic carbocycles. The molecule has 0 unspecified atom stereocenters. The van der Waals surface area contributed by atoms with Crippen molar-refractivity contribution in [1.29, 1.82) is 0 Å². The molecule has 0 aliphatic rings. The molecule has 0 aliphatic heterocycles. The Labute approximate surface area is 173 Å². The fourth-order valence-corrected chi connectivity index (χ4v) is 3.00. The Bertz CT molecular complexity index is 941. The lowest BCUT2D eigenvalue weighted by Crippen LogP contribution is -2.29. The molecule has 3 rings (SSSR count).